The summed E-state index contributed by atoms with van der Waals surface area (Å²) in [6.45, 7) is 4.83. The number of nitrogens with one attached hydrogen (secondary N) is 1. The zero-order valence-electron chi connectivity index (χ0n) is 12.4. The fourth-order valence-corrected chi connectivity index (χ4v) is 2.98. The van der Waals surface area contributed by atoms with E-state index in [1.54, 1.807) is 6.07 Å². The lowest BCUT2D eigenvalue weighted by molar-refractivity contribution is -0.0290. The number of rotatable bonds is 7. The summed E-state index contributed by atoms with van der Waals surface area (Å²) in [6, 6.07) is 5.14. The maximum atomic E-state index is 13.3. The Morgan fingerprint density at radius 2 is 2.20 bits per heavy atom. The van der Waals surface area contributed by atoms with Crippen LogP contribution in [0.15, 0.2) is 18.2 Å². The van der Waals surface area contributed by atoms with Crippen molar-refractivity contribution in [3.63, 3.8) is 0 Å². The molecule has 1 fully saturated rings. The third kappa shape index (κ3) is 4.01. The fourth-order valence-electron chi connectivity index (χ4n) is 2.98. The van der Waals surface area contributed by atoms with Gasteiger partial charge >= 0.3 is 0 Å². The minimum atomic E-state index is -0.179. The molecule has 0 saturated heterocycles. The third-order valence-electron chi connectivity index (χ3n) is 4.23. The smallest absolute Gasteiger partial charge is 0.123 e. The summed E-state index contributed by atoms with van der Waals surface area (Å²) in [6.07, 6.45) is 4.47. The first kappa shape index (κ1) is 15.4. The predicted molar refractivity (Wildman–Crippen MR) is 78.7 cm³/mol. The van der Waals surface area contributed by atoms with Gasteiger partial charge in [-0.05, 0) is 68.7 Å². The van der Waals surface area contributed by atoms with Crippen molar-refractivity contribution >= 4 is 0 Å². The Hall–Kier alpha value is -0.970. The molecule has 0 radical (unpaired) electrons. The topological polar surface area (TPSA) is 47.3 Å². The van der Waals surface area contributed by atoms with E-state index in [2.05, 4.69) is 5.43 Å². The van der Waals surface area contributed by atoms with Gasteiger partial charge in [0, 0.05) is 12.6 Å². The summed E-state index contributed by atoms with van der Waals surface area (Å²) in [7, 11) is 0. The Morgan fingerprint density at radius 1 is 1.45 bits per heavy atom. The highest BCUT2D eigenvalue weighted by Crippen LogP contribution is 2.34. The van der Waals surface area contributed by atoms with Gasteiger partial charge < -0.3 is 4.74 Å². The van der Waals surface area contributed by atoms with Crippen LogP contribution in [0, 0.1) is 18.7 Å². The molecule has 0 aromatic heterocycles. The maximum absolute atomic E-state index is 13.3. The first-order chi connectivity index (χ1) is 9.62. The van der Waals surface area contributed by atoms with Gasteiger partial charge in [0.15, 0.2) is 0 Å². The SMILES string of the molecule is CCOC1CC(CC(Cc2cc(F)ccc2C)NN)C1. The summed E-state index contributed by atoms with van der Waals surface area (Å²) in [5.41, 5.74) is 5.03. The second-order valence-electron chi connectivity index (χ2n) is 5.79. The van der Waals surface area contributed by atoms with E-state index in [-0.39, 0.29) is 11.9 Å². The molecule has 0 amide bonds. The van der Waals surface area contributed by atoms with Gasteiger partial charge in [-0.1, -0.05) is 6.07 Å². The zero-order chi connectivity index (χ0) is 14.5. The van der Waals surface area contributed by atoms with Crippen molar-refractivity contribution in [2.24, 2.45) is 11.8 Å². The molecule has 0 heterocycles. The molecule has 2 rings (SSSR count). The van der Waals surface area contributed by atoms with Crippen LogP contribution in [0.2, 0.25) is 0 Å². The number of halogens is 1. The van der Waals surface area contributed by atoms with Crippen LogP contribution in [0.4, 0.5) is 4.39 Å². The van der Waals surface area contributed by atoms with Crippen LogP contribution >= 0.6 is 0 Å². The first-order valence-electron chi connectivity index (χ1n) is 7.45. The van der Waals surface area contributed by atoms with Gasteiger partial charge in [-0.15, -0.1) is 0 Å². The van der Waals surface area contributed by atoms with Crippen LogP contribution in [0.3, 0.4) is 0 Å². The van der Waals surface area contributed by atoms with E-state index in [9.17, 15) is 4.39 Å². The van der Waals surface area contributed by atoms with E-state index in [0.717, 1.165) is 43.4 Å². The molecule has 1 aromatic carbocycles. The Labute approximate surface area is 120 Å². The van der Waals surface area contributed by atoms with Crippen LogP contribution < -0.4 is 11.3 Å². The summed E-state index contributed by atoms with van der Waals surface area (Å²) < 4.78 is 18.9. The number of hydrazine groups is 1. The largest absolute Gasteiger partial charge is 0.378 e. The molecular formula is C16H25FN2O. The van der Waals surface area contributed by atoms with Gasteiger partial charge in [0.25, 0.3) is 0 Å². The average Bonchev–Trinajstić information content (AvgIpc) is 2.39. The molecule has 3 nitrogen and oxygen atoms in total. The molecule has 112 valence electrons. The van der Waals surface area contributed by atoms with E-state index in [4.69, 9.17) is 10.6 Å². The van der Waals surface area contributed by atoms with Crippen LogP contribution in [-0.2, 0) is 11.2 Å². The monoisotopic (exact) mass is 280 g/mol. The predicted octanol–water partition coefficient (Wildman–Crippen LogP) is 2.71. The van der Waals surface area contributed by atoms with E-state index in [1.165, 1.54) is 6.07 Å². The van der Waals surface area contributed by atoms with Crippen molar-refractivity contribution in [3.8, 4) is 0 Å². The minimum Gasteiger partial charge on any atom is -0.378 e. The molecule has 4 heteroatoms. The standard InChI is InChI=1S/C16H25FN2O/c1-3-20-16-7-12(8-16)6-15(19-18)10-13-9-14(17)5-4-11(13)2/h4-5,9,12,15-16,19H,3,6-8,10,18H2,1-2H3. The Morgan fingerprint density at radius 3 is 2.85 bits per heavy atom. The molecule has 1 aromatic rings. The number of nitrogens with two attached hydrogens (primary N) is 1. The van der Waals surface area contributed by atoms with Crippen molar-refractivity contribution in [2.45, 2.75) is 51.7 Å². The molecule has 0 aliphatic heterocycles. The highest BCUT2D eigenvalue weighted by Gasteiger charge is 2.31. The van der Waals surface area contributed by atoms with Crippen LogP contribution in [0.1, 0.15) is 37.3 Å². The molecule has 1 aliphatic carbocycles. The molecule has 3 N–H and O–H groups in total. The van der Waals surface area contributed by atoms with Gasteiger partial charge in [0.05, 0.1) is 6.10 Å². The summed E-state index contributed by atoms with van der Waals surface area (Å²) in [5.74, 6) is 6.14. The molecule has 0 bridgehead atoms. The van der Waals surface area contributed by atoms with Gasteiger partial charge in [0.1, 0.15) is 5.82 Å². The molecule has 1 atom stereocenters. The Bertz CT molecular complexity index is 432. The molecule has 1 saturated carbocycles. The van der Waals surface area contributed by atoms with E-state index < -0.39 is 0 Å². The summed E-state index contributed by atoms with van der Waals surface area (Å²) >= 11 is 0. The third-order valence-corrected chi connectivity index (χ3v) is 4.23. The van der Waals surface area contributed by atoms with E-state index in [0.29, 0.717) is 12.0 Å². The van der Waals surface area contributed by atoms with Gasteiger partial charge in [-0.3, -0.25) is 11.3 Å². The zero-order valence-corrected chi connectivity index (χ0v) is 12.4. The van der Waals surface area contributed by atoms with Gasteiger partial charge in [-0.2, -0.15) is 0 Å². The van der Waals surface area contributed by atoms with E-state index in [1.807, 2.05) is 19.9 Å². The highest BCUT2D eigenvalue weighted by molar-refractivity contribution is 5.27. The number of hydrogen-bond donors (Lipinski definition) is 2. The number of aryl methyl sites for hydroxylation is 1. The summed E-state index contributed by atoms with van der Waals surface area (Å²) in [5, 5.41) is 0. The van der Waals surface area contributed by atoms with Crippen molar-refractivity contribution < 1.29 is 9.13 Å². The number of ether oxygens (including phenoxy) is 1. The van der Waals surface area contributed by atoms with Crippen molar-refractivity contribution in [1.29, 1.82) is 0 Å². The number of benzene rings is 1. The second-order valence-corrected chi connectivity index (χ2v) is 5.79. The molecule has 1 unspecified atom stereocenters. The molecule has 20 heavy (non-hydrogen) atoms. The normalized spacial score (nSPS) is 23.4. The number of hydrogen-bond acceptors (Lipinski definition) is 3. The summed E-state index contributed by atoms with van der Waals surface area (Å²) in [4.78, 5) is 0. The average molecular weight is 280 g/mol. The highest BCUT2D eigenvalue weighted by atomic mass is 19.1. The van der Waals surface area contributed by atoms with Gasteiger partial charge in [-0.25, -0.2) is 4.39 Å². The van der Waals surface area contributed by atoms with Crippen molar-refractivity contribution in [1.82, 2.24) is 5.43 Å². The lowest BCUT2D eigenvalue weighted by atomic mass is 9.77. The van der Waals surface area contributed by atoms with Crippen LogP contribution in [-0.4, -0.2) is 18.8 Å². The lowest BCUT2D eigenvalue weighted by Crippen LogP contribution is -2.42. The molecular weight excluding hydrogens is 255 g/mol. The minimum absolute atomic E-state index is 0.179. The Kier molecular flexibility index (Phi) is 5.52. The maximum Gasteiger partial charge on any atom is 0.123 e. The van der Waals surface area contributed by atoms with Crippen LogP contribution in [0.25, 0.3) is 0 Å². The first-order valence-corrected chi connectivity index (χ1v) is 7.45. The molecule has 0 spiro atoms. The van der Waals surface area contributed by atoms with Crippen molar-refractivity contribution in [3.05, 3.63) is 35.1 Å². The molecule has 1 aliphatic rings. The lowest BCUT2D eigenvalue weighted by Gasteiger charge is -2.37. The van der Waals surface area contributed by atoms with Gasteiger partial charge in [0.2, 0.25) is 0 Å². The second kappa shape index (κ2) is 7.16. The van der Waals surface area contributed by atoms with Crippen molar-refractivity contribution in [2.75, 3.05) is 6.61 Å². The fraction of sp³-hybridized carbons (Fsp3) is 0.625. The quantitative estimate of drug-likeness (QED) is 0.596. The van der Waals surface area contributed by atoms with E-state index >= 15 is 0 Å². The Balaban J connectivity index is 1.85. The van der Waals surface area contributed by atoms with Crippen LogP contribution in [0.5, 0.6) is 0 Å².